The van der Waals surface area contributed by atoms with Gasteiger partial charge in [0.25, 0.3) is 0 Å². The average molecular weight is 432 g/mol. The molecular weight excluding hydrogens is 404 g/mol. The molecule has 1 heterocycles. The highest BCUT2D eigenvalue weighted by molar-refractivity contribution is 5.69. The largest absolute Gasteiger partial charge is 0.463 e. The predicted octanol–water partition coefficient (Wildman–Crippen LogP) is 0.931. The van der Waals surface area contributed by atoms with Crippen LogP contribution < -0.4 is 4.74 Å². The van der Waals surface area contributed by atoms with Gasteiger partial charge in [-0.2, -0.15) is 0 Å². The Labute approximate surface area is 180 Å². The molecule has 0 spiro atoms. The summed E-state index contributed by atoms with van der Waals surface area (Å²) in [6, 6.07) is 16.4. The lowest BCUT2D eigenvalue weighted by molar-refractivity contribution is -0.278. The second-order valence-corrected chi connectivity index (χ2v) is 7.42. The summed E-state index contributed by atoms with van der Waals surface area (Å²) in [6.45, 7) is -0.579. The Balaban J connectivity index is 1.52. The molecule has 168 valence electrons. The van der Waals surface area contributed by atoms with Gasteiger partial charge < -0.3 is 34.6 Å². The smallest absolute Gasteiger partial charge is 0.305 e. The maximum Gasteiger partial charge on any atom is 0.305 e. The van der Waals surface area contributed by atoms with Crippen LogP contribution in [-0.2, 0) is 27.3 Å². The SMILES string of the molecule is O=C(CCCc1ccccc1)OC[C@H]1O[C@@H](Oc2ccccc2CO)[C@H](O)[C@@H](O)[C@@H]1O. The Bertz CT molecular complexity index is 827. The maximum absolute atomic E-state index is 12.1. The van der Waals surface area contributed by atoms with Crippen LogP contribution in [0.15, 0.2) is 54.6 Å². The van der Waals surface area contributed by atoms with Crippen LogP contribution in [0.1, 0.15) is 24.0 Å². The van der Waals surface area contributed by atoms with Crippen molar-refractivity contribution >= 4 is 5.97 Å². The summed E-state index contributed by atoms with van der Waals surface area (Å²) in [5.74, 6) is -0.176. The first-order valence-electron chi connectivity index (χ1n) is 10.2. The number of hydrogen-bond acceptors (Lipinski definition) is 8. The normalized spacial score (nSPS) is 25.7. The second-order valence-electron chi connectivity index (χ2n) is 7.42. The molecule has 1 aliphatic rings. The number of benzene rings is 2. The predicted molar refractivity (Wildman–Crippen MR) is 110 cm³/mol. The van der Waals surface area contributed by atoms with Crippen LogP contribution in [0.5, 0.6) is 5.75 Å². The van der Waals surface area contributed by atoms with Crippen molar-refractivity contribution in [3.63, 3.8) is 0 Å². The molecule has 0 bridgehead atoms. The van der Waals surface area contributed by atoms with E-state index in [1.807, 2.05) is 30.3 Å². The molecule has 31 heavy (non-hydrogen) atoms. The molecule has 4 N–H and O–H groups in total. The van der Waals surface area contributed by atoms with Gasteiger partial charge in [-0.15, -0.1) is 0 Å². The molecule has 8 heteroatoms. The Morgan fingerprint density at radius 3 is 2.39 bits per heavy atom. The molecule has 0 aliphatic carbocycles. The van der Waals surface area contributed by atoms with Crippen LogP contribution in [0.4, 0.5) is 0 Å². The van der Waals surface area contributed by atoms with Gasteiger partial charge in [0.15, 0.2) is 0 Å². The summed E-state index contributed by atoms with van der Waals surface area (Å²) in [6.07, 6.45) is -5.38. The molecule has 8 nitrogen and oxygen atoms in total. The third-order valence-corrected chi connectivity index (χ3v) is 5.15. The molecule has 2 aromatic carbocycles. The minimum atomic E-state index is -1.55. The molecule has 0 aromatic heterocycles. The van der Waals surface area contributed by atoms with Gasteiger partial charge in [0.05, 0.1) is 6.61 Å². The fourth-order valence-corrected chi connectivity index (χ4v) is 3.35. The highest BCUT2D eigenvalue weighted by Crippen LogP contribution is 2.27. The number of esters is 1. The monoisotopic (exact) mass is 432 g/mol. The zero-order valence-corrected chi connectivity index (χ0v) is 17.0. The van der Waals surface area contributed by atoms with E-state index in [2.05, 4.69) is 0 Å². The first-order chi connectivity index (χ1) is 15.0. The molecule has 5 atom stereocenters. The summed E-state index contributed by atoms with van der Waals surface area (Å²) in [4.78, 5) is 12.1. The maximum atomic E-state index is 12.1. The van der Waals surface area contributed by atoms with Gasteiger partial charge in [-0.3, -0.25) is 4.79 Å². The lowest BCUT2D eigenvalue weighted by Crippen LogP contribution is -2.60. The van der Waals surface area contributed by atoms with Gasteiger partial charge in [-0.25, -0.2) is 0 Å². The number of para-hydroxylation sites is 1. The Hall–Kier alpha value is -2.49. The van der Waals surface area contributed by atoms with Crippen molar-refractivity contribution in [2.45, 2.75) is 56.6 Å². The Morgan fingerprint density at radius 2 is 1.65 bits per heavy atom. The van der Waals surface area contributed by atoms with Crippen molar-refractivity contribution in [2.75, 3.05) is 6.61 Å². The lowest BCUT2D eigenvalue weighted by atomic mass is 9.99. The van der Waals surface area contributed by atoms with Crippen LogP contribution in [-0.4, -0.2) is 63.7 Å². The van der Waals surface area contributed by atoms with Gasteiger partial charge in [-0.1, -0.05) is 48.5 Å². The molecule has 1 saturated heterocycles. The number of ether oxygens (including phenoxy) is 3. The third kappa shape index (κ3) is 6.25. The number of aliphatic hydroxyl groups excluding tert-OH is 4. The second kappa shape index (κ2) is 11.2. The van der Waals surface area contributed by atoms with Crippen molar-refractivity contribution in [2.24, 2.45) is 0 Å². The molecular formula is C23H28O8. The highest BCUT2D eigenvalue weighted by atomic mass is 16.7. The van der Waals surface area contributed by atoms with E-state index >= 15 is 0 Å². The fraction of sp³-hybridized carbons (Fsp3) is 0.435. The number of aliphatic hydroxyl groups is 4. The van der Waals surface area contributed by atoms with Crippen LogP contribution in [0.25, 0.3) is 0 Å². The minimum Gasteiger partial charge on any atom is -0.463 e. The van der Waals surface area contributed by atoms with E-state index in [1.54, 1.807) is 24.3 Å². The van der Waals surface area contributed by atoms with E-state index < -0.39 is 36.7 Å². The van der Waals surface area contributed by atoms with Gasteiger partial charge in [0.2, 0.25) is 6.29 Å². The molecule has 1 aliphatic heterocycles. The first kappa shape index (κ1) is 23.2. The topological polar surface area (TPSA) is 126 Å². The lowest BCUT2D eigenvalue weighted by Gasteiger charge is -2.40. The first-order valence-corrected chi connectivity index (χ1v) is 10.2. The van der Waals surface area contributed by atoms with E-state index in [9.17, 15) is 25.2 Å². The quantitative estimate of drug-likeness (QED) is 0.431. The van der Waals surface area contributed by atoms with Crippen LogP contribution in [0.2, 0.25) is 0 Å². The molecule has 0 amide bonds. The van der Waals surface area contributed by atoms with Crippen molar-refractivity contribution in [3.8, 4) is 5.75 Å². The minimum absolute atomic E-state index is 0.201. The number of carbonyl (C=O) groups excluding carboxylic acids is 1. The summed E-state index contributed by atoms with van der Waals surface area (Å²) in [5, 5.41) is 40.0. The molecule has 2 aromatic rings. The molecule has 0 saturated carbocycles. The van der Waals surface area contributed by atoms with Gasteiger partial charge in [-0.05, 0) is 24.5 Å². The Morgan fingerprint density at radius 1 is 0.935 bits per heavy atom. The summed E-state index contributed by atoms with van der Waals surface area (Å²) < 4.78 is 16.4. The number of carbonyl (C=O) groups is 1. The van der Waals surface area contributed by atoms with Crippen LogP contribution in [0, 0.1) is 0 Å². The number of rotatable bonds is 9. The van der Waals surface area contributed by atoms with Crippen molar-refractivity contribution in [1.82, 2.24) is 0 Å². The molecule has 0 radical (unpaired) electrons. The highest BCUT2D eigenvalue weighted by Gasteiger charge is 2.45. The van der Waals surface area contributed by atoms with E-state index in [4.69, 9.17) is 14.2 Å². The van der Waals surface area contributed by atoms with Crippen LogP contribution >= 0.6 is 0 Å². The van der Waals surface area contributed by atoms with E-state index in [0.29, 0.717) is 12.0 Å². The summed E-state index contributed by atoms with van der Waals surface area (Å²) in [5.41, 5.74) is 1.60. The van der Waals surface area contributed by atoms with Gasteiger partial charge in [0.1, 0.15) is 36.8 Å². The Kier molecular flexibility index (Phi) is 8.39. The van der Waals surface area contributed by atoms with Gasteiger partial charge >= 0.3 is 5.97 Å². The standard InChI is InChI=1S/C23H28O8/c24-13-16-10-4-5-11-17(16)30-23-22(28)21(27)20(26)18(31-23)14-29-19(25)12-6-9-15-7-2-1-3-8-15/h1-5,7-8,10-11,18,20-24,26-28H,6,9,12-14H2/t18-,20-,21+,22-,23-/m1/s1. The van der Waals surface area contributed by atoms with Gasteiger partial charge in [0, 0.05) is 12.0 Å². The summed E-state index contributed by atoms with van der Waals surface area (Å²) >= 11 is 0. The van der Waals surface area contributed by atoms with E-state index in [-0.39, 0.29) is 25.4 Å². The van der Waals surface area contributed by atoms with Crippen molar-refractivity contribution in [3.05, 3.63) is 65.7 Å². The average Bonchev–Trinajstić information content (AvgIpc) is 2.79. The number of hydrogen-bond donors (Lipinski definition) is 4. The molecule has 0 unspecified atom stereocenters. The third-order valence-electron chi connectivity index (χ3n) is 5.15. The van der Waals surface area contributed by atoms with E-state index in [0.717, 1.165) is 12.0 Å². The van der Waals surface area contributed by atoms with Crippen molar-refractivity contribution < 1.29 is 39.4 Å². The fourth-order valence-electron chi connectivity index (χ4n) is 3.35. The van der Waals surface area contributed by atoms with Crippen molar-refractivity contribution in [1.29, 1.82) is 0 Å². The molecule has 3 rings (SSSR count). The van der Waals surface area contributed by atoms with E-state index in [1.165, 1.54) is 0 Å². The number of aryl methyl sites for hydroxylation is 1. The molecule has 1 fully saturated rings. The zero-order chi connectivity index (χ0) is 22.2. The van der Waals surface area contributed by atoms with Crippen LogP contribution in [0.3, 0.4) is 0 Å². The summed E-state index contributed by atoms with van der Waals surface area (Å²) in [7, 11) is 0. The zero-order valence-electron chi connectivity index (χ0n) is 17.0.